The molecule has 0 amide bonds. The van der Waals surface area contributed by atoms with Gasteiger partial charge in [-0.2, -0.15) is 0 Å². The number of rotatable bonds is 8. The van der Waals surface area contributed by atoms with Crippen LogP contribution in [0.15, 0.2) is 35.3 Å². The van der Waals surface area contributed by atoms with E-state index in [4.69, 9.17) is 0 Å². The highest BCUT2D eigenvalue weighted by Crippen LogP contribution is 2.23. The van der Waals surface area contributed by atoms with Crippen LogP contribution in [0.1, 0.15) is 39.0 Å². The van der Waals surface area contributed by atoms with Crippen molar-refractivity contribution in [2.24, 2.45) is 4.99 Å². The summed E-state index contributed by atoms with van der Waals surface area (Å²) < 4.78 is 12.2. The molecule has 2 fully saturated rings. The van der Waals surface area contributed by atoms with Crippen LogP contribution in [-0.4, -0.2) is 78.4 Å². The SMILES string of the molecule is CCS(=O)C1CCCC(NC(=NC)NCCCN2CCN(c3ccccc3)CC2)C1.I. The molecule has 2 N–H and O–H groups in total. The van der Waals surface area contributed by atoms with E-state index in [9.17, 15) is 4.21 Å². The van der Waals surface area contributed by atoms with Crippen molar-refractivity contribution < 1.29 is 4.21 Å². The van der Waals surface area contributed by atoms with E-state index in [0.29, 0.717) is 11.3 Å². The van der Waals surface area contributed by atoms with E-state index in [1.165, 1.54) is 5.69 Å². The first-order chi connectivity index (χ1) is 14.7. The van der Waals surface area contributed by atoms with Gasteiger partial charge in [0, 0.05) is 73.3 Å². The number of hydrogen-bond donors (Lipinski definition) is 2. The van der Waals surface area contributed by atoms with Crippen LogP contribution in [0, 0.1) is 0 Å². The summed E-state index contributed by atoms with van der Waals surface area (Å²) >= 11 is 0. The highest BCUT2D eigenvalue weighted by Gasteiger charge is 2.26. The number of piperazine rings is 1. The van der Waals surface area contributed by atoms with Gasteiger partial charge in [-0.3, -0.25) is 14.1 Å². The summed E-state index contributed by atoms with van der Waals surface area (Å²) in [6.07, 6.45) is 5.50. The lowest BCUT2D eigenvalue weighted by Gasteiger charge is -2.36. The van der Waals surface area contributed by atoms with E-state index in [0.717, 1.165) is 83.1 Å². The molecule has 2 aliphatic rings. The molecule has 1 aromatic rings. The zero-order valence-electron chi connectivity index (χ0n) is 19.1. The van der Waals surface area contributed by atoms with Crippen LogP contribution >= 0.6 is 24.0 Å². The van der Waals surface area contributed by atoms with Gasteiger partial charge in [0.2, 0.25) is 0 Å². The molecule has 3 atom stereocenters. The van der Waals surface area contributed by atoms with Crippen LogP contribution in [0.5, 0.6) is 0 Å². The van der Waals surface area contributed by atoms with E-state index >= 15 is 0 Å². The Morgan fingerprint density at radius 3 is 2.58 bits per heavy atom. The van der Waals surface area contributed by atoms with Crippen molar-refractivity contribution in [2.75, 3.05) is 57.0 Å². The Kier molecular flexibility index (Phi) is 12.2. The molecule has 6 nitrogen and oxygen atoms in total. The molecule has 1 aliphatic heterocycles. The van der Waals surface area contributed by atoms with E-state index in [1.807, 2.05) is 14.0 Å². The van der Waals surface area contributed by atoms with Gasteiger partial charge in [0.25, 0.3) is 0 Å². The van der Waals surface area contributed by atoms with Crippen molar-refractivity contribution in [3.8, 4) is 0 Å². The van der Waals surface area contributed by atoms with Crippen LogP contribution in [0.3, 0.4) is 0 Å². The third-order valence-corrected chi connectivity index (χ3v) is 8.02. The van der Waals surface area contributed by atoms with Crippen molar-refractivity contribution in [3.05, 3.63) is 30.3 Å². The van der Waals surface area contributed by atoms with Crippen molar-refractivity contribution in [2.45, 2.75) is 50.3 Å². The average Bonchev–Trinajstić information content (AvgIpc) is 2.81. The van der Waals surface area contributed by atoms with Gasteiger partial charge < -0.3 is 15.5 Å². The lowest BCUT2D eigenvalue weighted by molar-refractivity contribution is 0.255. The number of halogens is 1. The van der Waals surface area contributed by atoms with Gasteiger partial charge in [-0.15, -0.1) is 24.0 Å². The Balaban J connectivity index is 0.00000341. The molecule has 1 heterocycles. The summed E-state index contributed by atoms with van der Waals surface area (Å²) in [6.45, 7) is 8.52. The molecule has 0 aromatic heterocycles. The molecule has 0 radical (unpaired) electrons. The molecule has 176 valence electrons. The van der Waals surface area contributed by atoms with Gasteiger partial charge >= 0.3 is 0 Å². The van der Waals surface area contributed by atoms with E-state index in [2.05, 4.69) is 55.8 Å². The van der Waals surface area contributed by atoms with Crippen LogP contribution in [0.4, 0.5) is 5.69 Å². The maximum Gasteiger partial charge on any atom is 0.191 e. The molecule has 1 aromatic carbocycles. The summed E-state index contributed by atoms with van der Waals surface area (Å²) in [5.41, 5.74) is 1.33. The molecule has 3 rings (SSSR count). The fraction of sp³-hybridized carbons (Fsp3) is 0.696. The van der Waals surface area contributed by atoms with Gasteiger partial charge in [0.15, 0.2) is 5.96 Å². The quantitative estimate of drug-likeness (QED) is 0.221. The second kappa shape index (κ2) is 14.3. The zero-order chi connectivity index (χ0) is 21.2. The topological polar surface area (TPSA) is 60.0 Å². The number of benzene rings is 1. The number of nitrogens with one attached hydrogen (secondary N) is 2. The number of anilines is 1. The first-order valence-corrected chi connectivity index (χ1v) is 12.9. The van der Waals surface area contributed by atoms with Crippen molar-refractivity contribution in [1.29, 1.82) is 0 Å². The van der Waals surface area contributed by atoms with Crippen LogP contribution in [0.25, 0.3) is 0 Å². The smallest absolute Gasteiger partial charge is 0.191 e. The van der Waals surface area contributed by atoms with E-state index < -0.39 is 10.8 Å². The lowest BCUT2D eigenvalue weighted by Crippen LogP contribution is -2.48. The normalized spacial score (nSPS) is 23.7. The molecule has 0 spiro atoms. The number of para-hydroxylation sites is 1. The minimum Gasteiger partial charge on any atom is -0.369 e. The molecular formula is C23H40IN5OS. The third kappa shape index (κ3) is 8.53. The monoisotopic (exact) mass is 561 g/mol. The molecule has 31 heavy (non-hydrogen) atoms. The Morgan fingerprint density at radius 1 is 1.16 bits per heavy atom. The average molecular weight is 562 g/mol. The molecule has 0 bridgehead atoms. The first kappa shape index (κ1) is 26.4. The second-order valence-electron chi connectivity index (χ2n) is 8.32. The second-order valence-corrected chi connectivity index (χ2v) is 10.3. The van der Waals surface area contributed by atoms with Gasteiger partial charge in [-0.1, -0.05) is 31.5 Å². The zero-order valence-corrected chi connectivity index (χ0v) is 22.2. The largest absolute Gasteiger partial charge is 0.369 e. The van der Waals surface area contributed by atoms with Crippen molar-refractivity contribution in [3.63, 3.8) is 0 Å². The predicted octanol–water partition coefficient (Wildman–Crippen LogP) is 3.06. The van der Waals surface area contributed by atoms with Gasteiger partial charge in [0.05, 0.1) is 0 Å². The first-order valence-electron chi connectivity index (χ1n) is 11.6. The molecule has 1 saturated heterocycles. The Labute approximate surface area is 208 Å². The molecule has 8 heteroatoms. The van der Waals surface area contributed by atoms with Gasteiger partial charge in [-0.05, 0) is 44.4 Å². The number of aliphatic imine (C=N–C) groups is 1. The van der Waals surface area contributed by atoms with E-state index in [1.54, 1.807) is 0 Å². The number of hydrogen-bond acceptors (Lipinski definition) is 4. The summed E-state index contributed by atoms with van der Waals surface area (Å²) in [7, 11) is 1.15. The summed E-state index contributed by atoms with van der Waals surface area (Å²) in [4.78, 5) is 9.43. The highest BCUT2D eigenvalue weighted by molar-refractivity contribution is 14.0. The predicted molar refractivity (Wildman–Crippen MR) is 144 cm³/mol. The summed E-state index contributed by atoms with van der Waals surface area (Å²) in [6, 6.07) is 11.1. The molecular weight excluding hydrogens is 521 g/mol. The van der Waals surface area contributed by atoms with Crippen molar-refractivity contribution in [1.82, 2.24) is 15.5 Å². The summed E-state index contributed by atoms with van der Waals surface area (Å²) in [5.74, 6) is 1.65. The van der Waals surface area contributed by atoms with Crippen LogP contribution in [0.2, 0.25) is 0 Å². The Hall–Kier alpha value is -0.870. The minimum atomic E-state index is -0.685. The van der Waals surface area contributed by atoms with E-state index in [-0.39, 0.29) is 24.0 Å². The Bertz CT molecular complexity index is 682. The Morgan fingerprint density at radius 2 is 1.90 bits per heavy atom. The van der Waals surface area contributed by atoms with Gasteiger partial charge in [0.1, 0.15) is 0 Å². The van der Waals surface area contributed by atoms with Crippen LogP contribution < -0.4 is 15.5 Å². The maximum absolute atomic E-state index is 12.2. The van der Waals surface area contributed by atoms with Gasteiger partial charge in [-0.25, -0.2) is 0 Å². The standard InChI is InChI=1S/C23H39N5OS.HI/c1-3-30(29)22-12-7-9-20(19-22)26-23(24-2)25-13-8-14-27-15-17-28(18-16-27)21-10-5-4-6-11-21;/h4-6,10-11,20,22H,3,7-9,12-19H2,1-2H3,(H2,24,25,26);1H. The lowest BCUT2D eigenvalue weighted by atomic mass is 9.95. The maximum atomic E-state index is 12.2. The number of guanidine groups is 1. The number of nitrogens with zero attached hydrogens (tertiary/aromatic N) is 3. The highest BCUT2D eigenvalue weighted by atomic mass is 127. The molecule has 1 aliphatic carbocycles. The fourth-order valence-electron chi connectivity index (χ4n) is 4.52. The molecule has 3 unspecified atom stereocenters. The summed E-state index contributed by atoms with van der Waals surface area (Å²) in [5, 5.41) is 7.38. The fourth-order valence-corrected chi connectivity index (χ4v) is 5.86. The van der Waals surface area contributed by atoms with Crippen LogP contribution in [-0.2, 0) is 10.8 Å². The third-order valence-electron chi connectivity index (χ3n) is 6.28. The van der Waals surface area contributed by atoms with Crippen molar-refractivity contribution >= 4 is 46.4 Å². The molecule has 1 saturated carbocycles. The minimum absolute atomic E-state index is 0.